The second kappa shape index (κ2) is 8.64. The van der Waals surface area contributed by atoms with Crippen LogP contribution in [-0.2, 0) is 9.59 Å². The van der Waals surface area contributed by atoms with Crippen LogP contribution in [-0.4, -0.2) is 18.4 Å². The Morgan fingerprint density at radius 3 is 2.32 bits per heavy atom. The molecule has 3 aromatic carbocycles. The van der Waals surface area contributed by atoms with Gasteiger partial charge in [0, 0.05) is 24.3 Å². The van der Waals surface area contributed by atoms with Gasteiger partial charge in [-0.05, 0) is 79.9 Å². The van der Waals surface area contributed by atoms with Crippen LogP contribution in [0.5, 0.6) is 11.5 Å². The summed E-state index contributed by atoms with van der Waals surface area (Å²) >= 11 is 0. The van der Waals surface area contributed by atoms with Crippen molar-refractivity contribution in [3.8, 4) is 11.5 Å². The van der Waals surface area contributed by atoms with Crippen molar-refractivity contribution in [3.63, 3.8) is 0 Å². The standard InChI is InChI=1S/C26H26N2O3/c1-17-8-11-23(14-19(17)3)31-22-12-9-21(10-13-22)27-26(30)20-15-25(29)28(16-20)24-7-5-4-6-18(24)2/h4-14,20H,15-16H2,1-3H3,(H,27,30)/t20-/m0/s1. The third kappa shape index (κ3) is 4.61. The first-order valence-electron chi connectivity index (χ1n) is 10.4. The van der Waals surface area contributed by atoms with Crippen molar-refractivity contribution in [1.29, 1.82) is 0 Å². The van der Waals surface area contributed by atoms with E-state index in [1.807, 2.05) is 73.7 Å². The third-order valence-electron chi connectivity index (χ3n) is 5.74. The smallest absolute Gasteiger partial charge is 0.229 e. The highest BCUT2D eigenvalue weighted by Gasteiger charge is 2.35. The van der Waals surface area contributed by atoms with Crippen molar-refractivity contribution in [3.05, 3.63) is 83.4 Å². The van der Waals surface area contributed by atoms with Crippen LogP contribution in [0.25, 0.3) is 0 Å². The molecule has 5 heteroatoms. The number of anilines is 2. The number of para-hydroxylation sites is 1. The summed E-state index contributed by atoms with van der Waals surface area (Å²) in [6, 6.07) is 21.0. The van der Waals surface area contributed by atoms with Crippen LogP contribution in [0, 0.1) is 26.7 Å². The molecule has 0 spiro atoms. The number of carbonyl (C=O) groups is 2. The summed E-state index contributed by atoms with van der Waals surface area (Å²) in [5, 5.41) is 2.93. The van der Waals surface area contributed by atoms with Gasteiger partial charge in [-0.3, -0.25) is 9.59 Å². The molecular weight excluding hydrogens is 388 g/mol. The topological polar surface area (TPSA) is 58.6 Å². The van der Waals surface area contributed by atoms with Gasteiger partial charge in [0.2, 0.25) is 11.8 Å². The highest BCUT2D eigenvalue weighted by molar-refractivity contribution is 6.03. The molecule has 2 amide bonds. The minimum Gasteiger partial charge on any atom is -0.457 e. The molecule has 158 valence electrons. The van der Waals surface area contributed by atoms with Crippen LogP contribution in [0.15, 0.2) is 66.7 Å². The molecular formula is C26H26N2O3. The van der Waals surface area contributed by atoms with Gasteiger partial charge >= 0.3 is 0 Å². The van der Waals surface area contributed by atoms with E-state index in [4.69, 9.17) is 4.74 Å². The molecule has 1 N–H and O–H groups in total. The Labute approximate surface area is 182 Å². The van der Waals surface area contributed by atoms with Gasteiger partial charge in [0.15, 0.2) is 0 Å². The van der Waals surface area contributed by atoms with Crippen molar-refractivity contribution in [2.24, 2.45) is 5.92 Å². The normalized spacial score (nSPS) is 15.8. The summed E-state index contributed by atoms with van der Waals surface area (Å²) in [5.41, 5.74) is 4.97. The molecule has 1 aliphatic heterocycles. The fourth-order valence-electron chi connectivity index (χ4n) is 3.75. The third-order valence-corrected chi connectivity index (χ3v) is 5.74. The Hall–Kier alpha value is -3.60. The number of carbonyl (C=O) groups excluding carboxylic acids is 2. The molecule has 1 saturated heterocycles. The first kappa shape index (κ1) is 20.7. The van der Waals surface area contributed by atoms with E-state index in [9.17, 15) is 9.59 Å². The number of benzene rings is 3. The van der Waals surface area contributed by atoms with Gasteiger partial charge in [-0.15, -0.1) is 0 Å². The SMILES string of the molecule is Cc1ccc(Oc2ccc(NC(=O)[C@H]3CC(=O)N(c4ccccc4C)C3)cc2)cc1C. The highest BCUT2D eigenvalue weighted by Crippen LogP contribution is 2.29. The number of aryl methyl sites for hydroxylation is 3. The fourth-order valence-corrected chi connectivity index (χ4v) is 3.75. The summed E-state index contributed by atoms with van der Waals surface area (Å²) in [7, 11) is 0. The van der Waals surface area contributed by atoms with E-state index in [1.54, 1.807) is 4.90 Å². The molecule has 4 rings (SSSR count). The van der Waals surface area contributed by atoms with Crippen LogP contribution in [0.1, 0.15) is 23.1 Å². The average molecular weight is 415 g/mol. The molecule has 0 aromatic heterocycles. The fraction of sp³-hybridized carbons (Fsp3) is 0.231. The van der Waals surface area contributed by atoms with Gasteiger partial charge in [0.25, 0.3) is 0 Å². The lowest BCUT2D eigenvalue weighted by Crippen LogP contribution is -2.28. The molecule has 1 atom stereocenters. The van der Waals surface area contributed by atoms with Gasteiger partial charge in [0.1, 0.15) is 11.5 Å². The van der Waals surface area contributed by atoms with Crippen LogP contribution >= 0.6 is 0 Å². The number of hydrogen-bond acceptors (Lipinski definition) is 3. The predicted molar refractivity (Wildman–Crippen MR) is 123 cm³/mol. The van der Waals surface area contributed by atoms with Crippen LogP contribution in [0.4, 0.5) is 11.4 Å². The lowest BCUT2D eigenvalue weighted by molar-refractivity contribution is -0.122. The number of rotatable bonds is 5. The van der Waals surface area contributed by atoms with E-state index in [0.29, 0.717) is 18.0 Å². The molecule has 0 saturated carbocycles. The second-order valence-corrected chi connectivity index (χ2v) is 8.05. The van der Waals surface area contributed by atoms with Crippen molar-refractivity contribution < 1.29 is 14.3 Å². The maximum absolute atomic E-state index is 12.7. The van der Waals surface area contributed by atoms with E-state index in [-0.39, 0.29) is 24.2 Å². The first-order valence-corrected chi connectivity index (χ1v) is 10.4. The monoisotopic (exact) mass is 414 g/mol. The summed E-state index contributed by atoms with van der Waals surface area (Å²) < 4.78 is 5.90. The van der Waals surface area contributed by atoms with Crippen molar-refractivity contribution in [2.75, 3.05) is 16.8 Å². The van der Waals surface area contributed by atoms with Crippen LogP contribution in [0.2, 0.25) is 0 Å². The molecule has 1 heterocycles. The van der Waals surface area contributed by atoms with Gasteiger partial charge in [-0.1, -0.05) is 24.3 Å². The maximum Gasteiger partial charge on any atom is 0.229 e. The molecule has 3 aromatic rings. The summed E-state index contributed by atoms with van der Waals surface area (Å²) in [6.45, 7) is 6.48. The van der Waals surface area contributed by atoms with E-state index in [0.717, 1.165) is 17.0 Å². The first-order chi connectivity index (χ1) is 14.9. The van der Waals surface area contributed by atoms with Crippen molar-refractivity contribution in [1.82, 2.24) is 0 Å². The zero-order chi connectivity index (χ0) is 22.0. The Balaban J connectivity index is 1.38. The largest absolute Gasteiger partial charge is 0.457 e. The Kier molecular flexibility index (Phi) is 5.76. The zero-order valence-corrected chi connectivity index (χ0v) is 18.0. The average Bonchev–Trinajstić information content (AvgIpc) is 3.14. The maximum atomic E-state index is 12.7. The van der Waals surface area contributed by atoms with Crippen molar-refractivity contribution >= 4 is 23.2 Å². The molecule has 1 fully saturated rings. The molecule has 0 unspecified atom stereocenters. The predicted octanol–water partition coefficient (Wildman–Crippen LogP) is 5.40. The molecule has 1 aliphatic rings. The van der Waals surface area contributed by atoms with E-state index < -0.39 is 0 Å². The van der Waals surface area contributed by atoms with Crippen LogP contribution in [0.3, 0.4) is 0 Å². The van der Waals surface area contributed by atoms with Gasteiger partial charge in [-0.25, -0.2) is 0 Å². The van der Waals surface area contributed by atoms with E-state index in [2.05, 4.69) is 19.2 Å². The molecule has 0 bridgehead atoms. The lowest BCUT2D eigenvalue weighted by atomic mass is 10.1. The summed E-state index contributed by atoms with van der Waals surface area (Å²) in [6.07, 6.45) is 0.216. The van der Waals surface area contributed by atoms with Crippen LogP contribution < -0.4 is 15.0 Å². The minimum atomic E-state index is -0.376. The zero-order valence-electron chi connectivity index (χ0n) is 18.0. The highest BCUT2D eigenvalue weighted by atomic mass is 16.5. The number of nitrogens with zero attached hydrogens (tertiary/aromatic N) is 1. The number of amides is 2. The lowest BCUT2D eigenvalue weighted by Gasteiger charge is -2.19. The molecule has 5 nitrogen and oxygen atoms in total. The molecule has 0 radical (unpaired) electrons. The molecule has 31 heavy (non-hydrogen) atoms. The van der Waals surface area contributed by atoms with E-state index in [1.165, 1.54) is 11.1 Å². The number of nitrogens with one attached hydrogen (secondary N) is 1. The Morgan fingerprint density at radius 1 is 0.903 bits per heavy atom. The summed E-state index contributed by atoms with van der Waals surface area (Å²) in [5.74, 6) is 0.932. The number of ether oxygens (including phenoxy) is 1. The Morgan fingerprint density at radius 2 is 1.61 bits per heavy atom. The summed E-state index contributed by atoms with van der Waals surface area (Å²) in [4.78, 5) is 26.9. The van der Waals surface area contributed by atoms with Gasteiger partial charge < -0.3 is 15.0 Å². The van der Waals surface area contributed by atoms with Gasteiger partial charge in [0.05, 0.1) is 5.92 Å². The minimum absolute atomic E-state index is 0.0217. The van der Waals surface area contributed by atoms with E-state index >= 15 is 0 Å². The Bertz CT molecular complexity index is 1120. The quantitative estimate of drug-likeness (QED) is 0.608. The number of hydrogen-bond donors (Lipinski definition) is 1. The second-order valence-electron chi connectivity index (χ2n) is 8.05. The van der Waals surface area contributed by atoms with Gasteiger partial charge in [-0.2, -0.15) is 0 Å². The molecule has 0 aliphatic carbocycles. The van der Waals surface area contributed by atoms with Crippen molar-refractivity contribution in [2.45, 2.75) is 27.2 Å².